The molecule has 0 saturated carbocycles. The number of phenols is 1. The molecule has 0 aliphatic rings. The van der Waals surface area contributed by atoms with Gasteiger partial charge in [0.25, 0.3) is 0 Å². The minimum atomic E-state index is -0.126. The molecule has 0 aromatic heterocycles. The standard InChI is InChI=1S/C6H4ClNO2/c7-6-4(8-10)2-1-3-5(6)9/h1-3,9H. The van der Waals surface area contributed by atoms with Crippen LogP contribution in [0.3, 0.4) is 0 Å². The lowest BCUT2D eigenvalue weighted by Gasteiger charge is -1.94. The Labute approximate surface area is 62.2 Å². The fraction of sp³-hybridized carbons (Fsp3) is 0. The van der Waals surface area contributed by atoms with E-state index in [1.165, 1.54) is 18.2 Å². The van der Waals surface area contributed by atoms with Gasteiger partial charge in [0.2, 0.25) is 0 Å². The van der Waals surface area contributed by atoms with Crippen LogP contribution >= 0.6 is 11.6 Å². The maximum atomic E-state index is 9.93. The molecule has 1 aromatic carbocycles. The summed E-state index contributed by atoms with van der Waals surface area (Å²) in [5, 5.41) is 11.5. The molecule has 1 aromatic rings. The third kappa shape index (κ3) is 1.09. The first-order valence-corrected chi connectivity index (χ1v) is 2.94. The van der Waals surface area contributed by atoms with Crippen LogP contribution in [0.2, 0.25) is 5.02 Å². The molecule has 0 unspecified atom stereocenters. The van der Waals surface area contributed by atoms with Crippen molar-refractivity contribution in [1.82, 2.24) is 0 Å². The predicted molar refractivity (Wildman–Crippen MR) is 38.6 cm³/mol. The smallest absolute Gasteiger partial charge is 0.136 e. The third-order valence-electron chi connectivity index (χ3n) is 1.06. The highest BCUT2D eigenvalue weighted by atomic mass is 35.5. The maximum Gasteiger partial charge on any atom is 0.136 e. The van der Waals surface area contributed by atoms with Gasteiger partial charge in [-0.2, -0.15) is 0 Å². The highest BCUT2D eigenvalue weighted by Gasteiger charge is 2.02. The van der Waals surface area contributed by atoms with E-state index in [4.69, 9.17) is 16.7 Å². The Hall–Kier alpha value is -1.09. The lowest BCUT2D eigenvalue weighted by atomic mass is 10.3. The Morgan fingerprint density at radius 1 is 1.50 bits per heavy atom. The Morgan fingerprint density at radius 2 is 2.20 bits per heavy atom. The number of hydrogen-bond acceptors (Lipinski definition) is 3. The summed E-state index contributed by atoms with van der Waals surface area (Å²) in [6.07, 6.45) is 0. The van der Waals surface area contributed by atoms with E-state index in [1.54, 1.807) is 0 Å². The van der Waals surface area contributed by atoms with Crippen LogP contribution in [-0.2, 0) is 0 Å². The van der Waals surface area contributed by atoms with E-state index in [9.17, 15) is 4.91 Å². The van der Waals surface area contributed by atoms with E-state index in [0.717, 1.165) is 0 Å². The Morgan fingerprint density at radius 3 is 2.70 bits per heavy atom. The Balaban J connectivity index is 3.27. The molecule has 0 heterocycles. The van der Waals surface area contributed by atoms with E-state index >= 15 is 0 Å². The quantitative estimate of drug-likeness (QED) is 0.637. The molecular formula is C6H4ClNO2. The van der Waals surface area contributed by atoms with E-state index in [-0.39, 0.29) is 16.5 Å². The second-order valence-electron chi connectivity index (χ2n) is 1.70. The zero-order valence-electron chi connectivity index (χ0n) is 4.91. The monoisotopic (exact) mass is 157 g/mol. The average Bonchev–Trinajstić information content (AvgIpc) is 1.95. The lowest BCUT2D eigenvalue weighted by molar-refractivity contribution is 0.476. The number of aromatic hydroxyl groups is 1. The molecule has 0 atom stereocenters. The normalized spacial score (nSPS) is 9.30. The van der Waals surface area contributed by atoms with Gasteiger partial charge < -0.3 is 5.11 Å². The van der Waals surface area contributed by atoms with Gasteiger partial charge in [0, 0.05) is 0 Å². The first-order valence-electron chi connectivity index (χ1n) is 2.56. The number of hydrogen-bond donors (Lipinski definition) is 1. The topological polar surface area (TPSA) is 49.7 Å². The van der Waals surface area contributed by atoms with Gasteiger partial charge in [-0.25, -0.2) is 0 Å². The molecule has 3 nitrogen and oxygen atoms in total. The average molecular weight is 158 g/mol. The van der Waals surface area contributed by atoms with Crippen molar-refractivity contribution >= 4 is 17.3 Å². The van der Waals surface area contributed by atoms with Crippen LogP contribution in [0.15, 0.2) is 23.4 Å². The third-order valence-corrected chi connectivity index (χ3v) is 1.44. The van der Waals surface area contributed by atoms with Crippen molar-refractivity contribution in [1.29, 1.82) is 0 Å². The van der Waals surface area contributed by atoms with Gasteiger partial charge in [-0.15, -0.1) is 4.91 Å². The summed E-state index contributed by atoms with van der Waals surface area (Å²) in [5.41, 5.74) is 0.0571. The van der Waals surface area contributed by atoms with Crippen molar-refractivity contribution in [3.63, 3.8) is 0 Å². The summed E-state index contributed by atoms with van der Waals surface area (Å²) < 4.78 is 0. The fourth-order valence-corrected chi connectivity index (χ4v) is 0.739. The number of phenolic OH excluding ortho intramolecular Hbond substituents is 1. The van der Waals surface area contributed by atoms with Gasteiger partial charge in [-0.3, -0.25) is 0 Å². The second-order valence-corrected chi connectivity index (χ2v) is 2.08. The van der Waals surface area contributed by atoms with E-state index in [1.807, 2.05) is 0 Å². The molecule has 0 saturated heterocycles. The highest BCUT2D eigenvalue weighted by molar-refractivity contribution is 6.34. The summed E-state index contributed by atoms with van der Waals surface area (Å²) >= 11 is 5.45. The SMILES string of the molecule is O=Nc1cccc(O)c1Cl. The van der Waals surface area contributed by atoms with Crippen molar-refractivity contribution < 1.29 is 5.11 Å². The number of nitrogens with zero attached hydrogens (tertiary/aromatic N) is 1. The van der Waals surface area contributed by atoms with Gasteiger partial charge in [-0.05, 0) is 17.3 Å². The zero-order chi connectivity index (χ0) is 7.56. The molecule has 0 aliphatic heterocycles. The molecule has 1 rings (SSSR count). The molecule has 0 amide bonds. The predicted octanol–water partition coefficient (Wildman–Crippen LogP) is 2.44. The van der Waals surface area contributed by atoms with Gasteiger partial charge in [0.1, 0.15) is 16.5 Å². The number of halogens is 1. The van der Waals surface area contributed by atoms with Crippen molar-refractivity contribution in [2.75, 3.05) is 0 Å². The van der Waals surface area contributed by atoms with Crippen molar-refractivity contribution in [3.05, 3.63) is 28.1 Å². The number of benzene rings is 1. The van der Waals surface area contributed by atoms with Crippen molar-refractivity contribution in [2.24, 2.45) is 5.18 Å². The first-order chi connectivity index (χ1) is 4.75. The minimum absolute atomic E-state index is 0.00231. The van der Waals surface area contributed by atoms with Crippen LogP contribution < -0.4 is 0 Å². The van der Waals surface area contributed by atoms with Crippen LogP contribution in [0.25, 0.3) is 0 Å². The molecule has 10 heavy (non-hydrogen) atoms. The van der Waals surface area contributed by atoms with E-state index in [0.29, 0.717) is 0 Å². The first kappa shape index (κ1) is 7.02. The second kappa shape index (κ2) is 2.66. The molecule has 4 heteroatoms. The van der Waals surface area contributed by atoms with Crippen LogP contribution in [-0.4, -0.2) is 5.11 Å². The van der Waals surface area contributed by atoms with E-state index < -0.39 is 0 Å². The molecule has 52 valence electrons. The molecule has 0 fully saturated rings. The number of nitroso groups, excluding NO2 is 1. The Bertz CT molecular complexity index is 262. The fourth-order valence-electron chi connectivity index (χ4n) is 0.578. The summed E-state index contributed by atoms with van der Waals surface area (Å²) in [5.74, 6) is -0.126. The van der Waals surface area contributed by atoms with Gasteiger partial charge >= 0.3 is 0 Å². The van der Waals surface area contributed by atoms with Gasteiger partial charge in [0.05, 0.1) is 0 Å². The largest absolute Gasteiger partial charge is 0.506 e. The van der Waals surface area contributed by atoms with Gasteiger partial charge in [0.15, 0.2) is 0 Å². The van der Waals surface area contributed by atoms with E-state index in [2.05, 4.69) is 5.18 Å². The maximum absolute atomic E-state index is 9.93. The molecular weight excluding hydrogens is 154 g/mol. The molecule has 1 N–H and O–H groups in total. The minimum Gasteiger partial charge on any atom is -0.506 e. The van der Waals surface area contributed by atoms with Crippen LogP contribution in [0.1, 0.15) is 0 Å². The van der Waals surface area contributed by atoms with Crippen molar-refractivity contribution in [3.8, 4) is 5.75 Å². The molecule has 0 spiro atoms. The van der Waals surface area contributed by atoms with Crippen molar-refractivity contribution in [2.45, 2.75) is 0 Å². The number of rotatable bonds is 1. The lowest BCUT2D eigenvalue weighted by Crippen LogP contribution is -1.67. The van der Waals surface area contributed by atoms with Crippen LogP contribution in [0.4, 0.5) is 5.69 Å². The summed E-state index contributed by atoms with van der Waals surface area (Å²) in [4.78, 5) is 9.93. The molecule has 0 radical (unpaired) electrons. The summed E-state index contributed by atoms with van der Waals surface area (Å²) in [6.45, 7) is 0. The van der Waals surface area contributed by atoms with Crippen LogP contribution in [0.5, 0.6) is 5.75 Å². The summed E-state index contributed by atoms with van der Waals surface area (Å²) in [6, 6.07) is 4.31. The summed E-state index contributed by atoms with van der Waals surface area (Å²) in [7, 11) is 0. The van der Waals surface area contributed by atoms with Gasteiger partial charge in [-0.1, -0.05) is 17.7 Å². The van der Waals surface area contributed by atoms with Crippen LogP contribution in [0, 0.1) is 4.91 Å². The molecule has 0 aliphatic carbocycles. The zero-order valence-corrected chi connectivity index (χ0v) is 5.67. The molecule has 0 bridgehead atoms. The highest BCUT2D eigenvalue weighted by Crippen LogP contribution is 2.32. The Kier molecular flexibility index (Phi) is 1.87.